The van der Waals surface area contributed by atoms with E-state index in [2.05, 4.69) is 27.7 Å². The molecule has 0 saturated carbocycles. The van der Waals surface area contributed by atoms with Crippen LogP contribution in [0.2, 0.25) is 0 Å². The molecule has 0 aromatic heterocycles. The highest BCUT2D eigenvalue weighted by Crippen LogP contribution is 2.44. The normalized spacial score (nSPS) is 33.8. The molecule has 0 amide bonds. The van der Waals surface area contributed by atoms with Gasteiger partial charge in [0.15, 0.2) is 0 Å². The topological polar surface area (TPSA) is 9.23 Å². The van der Waals surface area contributed by atoms with Crippen molar-refractivity contribution in [2.45, 2.75) is 39.0 Å². The molecule has 1 unspecified atom stereocenters. The molecule has 1 fully saturated rings. The molecule has 1 nitrogen and oxygen atoms in total. The van der Waals surface area contributed by atoms with Gasteiger partial charge in [-0.3, -0.25) is 0 Å². The first-order valence-electron chi connectivity index (χ1n) is 4.24. The minimum atomic E-state index is 0.0330. The van der Waals surface area contributed by atoms with E-state index >= 15 is 0 Å². The monoisotopic (exact) mass is 174 g/mol. The van der Waals surface area contributed by atoms with Gasteiger partial charge in [-0.2, -0.15) is 0 Å². The van der Waals surface area contributed by atoms with Crippen molar-refractivity contribution in [1.29, 1.82) is 0 Å². The third-order valence-corrected chi connectivity index (χ3v) is 4.18. The summed E-state index contributed by atoms with van der Waals surface area (Å²) in [6.45, 7) is 9.86. The van der Waals surface area contributed by atoms with Crippen molar-refractivity contribution in [3.05, 3.63) is 0 Å². The number of hydrogen-bond donors (Lipinski definition) is 0. The lowest BCUT2D eigenvalue weighted by Gasteiger charge is -2.43. The van der Waals surface area contributed by atoms with Crippen molar-refractivity contribution in [2.75, 3.05) is 12.4 Å². The van der Waals surface area contributed by atoms with Crippen LogP contribution in [-0.4, -0.2) is 17.3 Å². The maximum Gasteiger partial charge on any atom is 0.115 e. The van der Waals surface area contributed by atoms with E-state index in [4.69, 9.17) is 4.74 Å². The molecule has 11 heavy (non-hydrogen) atoms. The fourth-order valence-electron chi connectivity index (χ4n) is 1.07. The molecule has 1 rings (SSSR count). The van der Waals surface area contributed by atoms with Gasteiger partial charge < -0.3 is 4.74 Å². The summed E-state index contributed by atoms with van der Waals surface area (Å²) in [4.78, 5) is 0.0330. The number of ether oxygens (including phenoxy) is 1. The molecule has 1 heterocycles. The van der Waals surface area contributed by atoms with Crippen molar-refractivity contribution in [3.63, 3.8) is 0 Å². The molecule has 1 aliphatic heterocycles. The Bertz CT molecular complexity index is 131. The van der Waals surface area contributed by atoms with Gasteiger partial charge in [-0.05, 0) is 19.1 Å². The first-order valence-corrected chi connectivity index (χ1v) is 5.22. The molecule has 2 heteroatoms. The molecule has 0 bridgehead atoms. The maximum atomic E-state index is 5.79. The van der Waals surface area contributed by atoms with Gasteiger partial charge in [-0.1, -0.05) is 20.8 Å². The van der Waals surface area contributed by atoms with Crippen LogP contribution in [0.1, 0.15) is 34.1 Å². The molecule has 66 valence electrons. The van der Waals surface area contributed by atoms with E-state index in [-0.39, 0.29) is 10.3 Å². The van der Waals surface area contributed by atoms with E-state index in [0.29, 0.717) is 0 Å². The second-order valence-electron chi connectivity index (χ2n) is 4.25. The predicted molar refractivity (Wildman–Crippen MR) is 50.9 cm³/mol. The number of hydrogen-bond acceptors (Lipinski definition) is 2. The largest absolute Gasteiger partial charge is 0.364 e. The lowest BCUT2D eigenvalue weighted by Crippen LogP contribution is -2.42. The fraction of sp³-hybridized carbons (Fsp3) is 1.00. The van der Waals surface area contributed by atoms with Gasteiger partial charge in [0.1, 0.15) is 4.93 Å². The quantitative estimate of drug-likeness (QED) is 0.558. The lowest BCUT2D eigenvalue weighted by atomic mass is 9.89. The summed E-state index contributed by atoms with van der Waals surface area (Å²) in [5.41, 5.74) is 0.248. The average Bonchev–Trinajstić information content (AvgIpc) is 1.87. The van der Waals surface area contributed by atoms with Crippen LogP contribution < -0.4 is 0 Å². The SMILES string of the molecule is CC(C)(C)C1(C)OCCCS1. The molecule has 0 aromatic carbocycles. The van der Waals surface area contributed by atoms with Crippen LogP contribution >= 0.6 is 11.8 Å². The van der Waals surface area contributed by atoms with E-state index in [1.54, 1.807) is 0 Å². The Labute approximate surface area is 73.9 Å². The first-order chi connectivity index (χ1) is 4.96. The summed E-state index contributed by atoms with van der Waals surface area (Å²) in [5, 5.41) is 0. The highest BCUT2D eigenvalue weighted by molar-refractivity contribution is 8.00. The van der Waals surface area contributed by atoms with Gasteiger partial charge in [0.2, 0.25) is 0 Å². The summed E-state index contributed by atoms with van der Waals surface area (Å²) >= 11 is 1.95. The van der Waals surface area contributed by atoms with E-state index < -0.39 is 0 Å². The van der Waals surface area contributed by atoms with E-state index in [1.165, 1.54) is 12.2 Å². The average molecular weight is 174 g/mol. The third kappa shape index (κ3) is 1.91. The standard InChI is InChI=1S/C9H18OS/c1-8(2,3)9(4)10-6-5-7-11-9/h5-7H2,1-4H3. The first kappa shape index (κ1) is 9.40. The number of rotatable bonds is 0. The second kappa shape index (κ2) is 2.98. The van der Waals surface area contributed by atoms with E-state index in [0.717, 1.165) is 6.61 Å². The van der Waals surface area contributed by atoms with Gasteiger partial charge in [-0.25, -0.2) is 0 Å². The summed E-state index contributed by atoms with van der Waals surface area (Å²) in [7, 11) is 0. The lowest BCUT2D eigenvalue weighted by molar-refractivity contribution is -0.0388. The molecular formula is C9H18OS. The zero-order chi connectivity index (χ0) is 8.54. The van der Waals surface area contributed by atoms with Crippen LogP contribution in [-0.2, 0) is 4.74 Å². The van der Waals surface area contributed by atoms with Crippen LogP contribution in [0, 0.1) is 5.41 Å². The van der Waals surface area contributed by atoms with Gasteiger partial charge >= 0.3 is 0 Å². The Kier molecular flexibility index (Phi) is 2.55. The predicted octanol–water partition coefficient (Wildman–Crippen LogP) is 2.90. The van der Waals surface area contributed by atoms with Crippen molar-refractivity contribution in [2.24, 2.45) is 5.41 Å². The molecule has 1 atom stereocenters. The molecule has 1 saturated heterocycles. The highest BCUT2D eigenvalue weighted by Gasteiger charge is 2.40. The Hall–Kier alpha value is 0.310. The van der Waals surface area contributed by atoms with Crippen LogP contribution in [0.5, 0.6) is 0 Å². The van der Waals surface area contributed by atoms with Gasteiger partial charge in [0.05, 0.1) is 0 Å². The summed E-state index contributed by atoms with van der Waals surface area (Å²) in [5.74, 6) is 1.24. The van der Waals surface area contributed by atoms with Crippen LogP contribution in [0.4, 0.5) is 0 Å². The van der Waals surface area contributed by atoms with E-state index in [1.807, 2.05) is 11.8 Å². The summed E-state index contributed by atoms with van der Waals surface area (Å²) < 4.78 is 5.79. The minimum absolute atomic E-state index is 0.0330. The van der Waals surface area contributed by atoms with Crippen LogP contribution in [0.15, 0.2) is 0 Å². The molecule has 0 aromatic rings. The molecule has 1 aliphatic rings. The molecule has 0 spiro atoms. The second-order valence-corrected chi connectivity index (χ2v) is 5.72. The van der Waals surface area contributed by atoms with Crippen molar-refractivity contribution in [3.8, 4) is 0 Å². The molecule has 0 N–H and O–H groups in total. The zero-order valence-electron chi connectivity index (χ0n) is 7.94. The molecular weight excluding hydrogens is 156 g/mol. The Balaban J connectivity index is 2.64. The summed E-state index contributed by atoms with van der Waals surface area (Å²) in [6, 6.07) is 0. The van der Waals surface area contributed by atoms with Crippen molar-refractivity contribution >= 4 is 11.8 Å². The van der Waals surface area contributed by atoms with Crippen LogP contribution in [0.25, 0.3) is 0 Å². The van der Waals surface area contributed by atoms with Gasteiger partial charge in [-0.15, -0.1) is 11.8 Å². The molecule has 0 radical (unpaired) electrons. The van der Waals surface area contributed by atoms with Crippen molar-refractivity contribution < 1.29 is 4.74 Å². The highest BCUT2D eigenvalue weighted by atomic mass is 32.2. The van der Waals surface area contributed by atoms with E-state index in [9.17, 15) is 0 Å². The fourth-order valence-corrected chi connectivity index (χ4v) is 2.32. The Morgan fingerprint density at radius 1 is 1.36 bits per heavy atom. The third-order valence-electron chi connectivity index (χ3n) is 2.41. The zero-order valence-corrected chi connectivity index (χ0v) is 8.75. The molecule has 0 aliphatic carbocycles. The smallest absolute Gasteiger partial charge is 0.115 e. The summed E-state index contributed by atoms with van der Waals surface area (Å²) in [6.07, 6.45) is 1.20. The van der Waals surface area contributed by atoms with Gasteiger partial charge in [0.25, 0.3) is 0 Å². The number of thioether (sulfide) groups is 1. The van der Waals surface area contributed by atoms with Crippen molar-refractivity contribution in [1.82, 2.24) is 0 Å². The Morgan fingerprint density at radius 3 is 2.27 bits per heavy atom. The Morgan fingerprint density at radius 2 is 2.00 bits per heavy atom. The van der Waals surface area contributed by atoms with Gasteiger partial charge in [0, 0.05) is 12.0 Å². The minimum Gasteiger partial charge on any atom is -0.364 e. The van der Waals surface area contributed by atoms with Crippen LogP contribution in [0.3, 0.4) is 0 Å². The maximum absolute atomic E-state index is 5.79.